The van der Waals surface area contributed by atoms with E-state index < -0.39 is 21.8 Å². The van der Waals surface area contributed by atoms with Gasteiger partial charge in [-0.05, 0) is 48.4 Å². The summed E-state index contributed by atoms with van der Waals surface area (Å²) in [6.07, 6.45) is 0.680. The molecule has 0 unspecified atom stereocenters. The molecule has 0 aliphatic carbocycles. The molecule has 1 aliphatic rings. The normalized spacial score (nSPS) is 13.7. The minimum atomic E-state index is -3.74. The molecule has 0 aromatic heterocycles. The van der Waals surface area contributed by atoms with Crippen molar-refractivity contribution >= 4 is 27.5 Å². The number of rotatable bonds is 7. The number of fused-ring (bicyclic) bond motifs is 1. The average Bonchev–Trinajstić information content (AvgIpc) is 3.04. The lowest BCUT2D eigenvalue weighted by molar-refractivity contribution is 0.0926. The zero-order valence-corrected chi connectivity index (χ0v) is 17.9. The van der Waals surface area contributed by atoms with Crippen molar-refractivity contribution in [2.75, 3.05) is 11.4 Å². The van der Waals surface area contributed by atoms with Crippen LogP contribution in [-0.2, 0) is 16.6 Å². The molecule has 0 bridgehead atoms. The van der Waals surface area contributed by atoms with Gasteiger partial charge >= 0.3 is 0 Å². The van der Waals surface area contributed by atoms with Crippen molar-refractivity contribution in [3.63, 3.8) is 0 Å². The van der Waals surface area contributed by atoms with Gasteiger partial charge in [0.25, 0.3) is 11.8 Å². The molecule has 0 atom stereocenters. The van der Waals surface area contributed by atoms with E-state index in [1.807, 2.05) is 37.3 Å². The van der Waals surface area contributed by atoms with Crippen LogP contribution in [0.4, 0.5) is 5.69 Å². The van der Waals surface area contributed by atoms with Crippen molar-refractivity contribution in [2.45, 2.75) is 24.8 Å². The first kappa shape index (κ1) is 21.0. The van der Waals surface area contributed by atoms with E-state index in [4.69, 9.17) is 0 Å². The average molecular weight is 435 g/mol. The summed E-state index contributed by atoms with van der Waals surface area (Å²) in [6, 6.07) is 22.0. The molecule has 31 heavy (non-hydrogen) atoms. The number of hydrogen-bond acceptors (Lipinski definition) is 4. The molecule has 2 amide bonds. The van der Waals surface area contributed by atoms with Crippen molar-refractivity contribution in [3.05, 3.63) is 95.6 Å². The van der Waals surface area contributed by atoms with Crippen molar-refractivity contribution in [1.29, 1.82) is 0 Å². The van der Waals surface area contributed by atoms with E-state index in [1.165, 1.54) is 28.6 Å². The maximum Gasteiger partial charge on any atom is 0.266 e. The van der Waals surface area contributed by atoms with Gasteiger partial charge in [0, 0.05) is 13.1 Å². The summed E-state index contributed by atoms with van der Waals surface area (Å²) in [4.78, 5) is 26.5. The van der Waals surface area contributed by atoms with Gasteiger partial charge < -0.3 is 0 Å². The topological polar surface area (TPSA) is 74.8 Å². The van der Waals surface area contributed by atoms with Crippen LogP contribution >= 0.6 is 0 Å². The number of nitrogens with zero attached hydrogens (tertiary/aromatic N) is 2. The Hall–Kier alpha value is -3.29. The second kappa shape index (κ2) is 8.45. The summed E-state index contributed by atoms with van der Waals surface area (Å²) in [5.41, 5.74) is 1.94. The van der Waals surface area contributed by atoms with E-state index >= 15 is 0 Å². The van der Waals surface area contributed by atoms with E-state index in [9.17, 15) is 18.0 Å². The molecule has 0 fully saturated rings. The van der Waals surface area contributed by atoms with E-state index in [-0.39, 0.29) is 11.4 Å². The molecule has 3 aromatic carbocycles. The van der Waals surface area contributed by atoms with Crippen LogP contribution in [-0.4, -0.2) is 31.1 Å². The smallest absolute Gasteiger partial charge is 0.266 e. The van der Waals surface area contributed by atoms with Crippen LogP contribution in [0.15, 0.2) is 83.8 Å². The van der Waals surface area contributed by atoms with Gasteiger partial charge in [0.05, 0.1) is 21.7 Å². The molecule has 1 aliphatic heterocycles. The maximum absolute atomic E-state index is 13.2. The number of amides is 2. The Kier molecular flexibility index (Phi) is 5.71. The van der Waals surface area contributed by atoms with Gasteiger partial charge in [-0.15, -0.1) is 0 Å². The van der Waals surface area contributed by atoms with Crippen LogP contribution < -0.4 is 4.90 Å². The molecule has 7 heteroatoms. The second-order valence-corrected chi connectivity index (χ2v) is 9.25. The van der Waals surface area contributed by atoms with Crippen molar-refractivity contribution in [1.82, 2.24) is 4.31 Å². The SMILES string of the molecule is CCCN(Cc1ccccc1)S(=O)(=O)c1ccc(N2C(=O)c3ccccc3C2=O)cc1. The molecular weight excluding hydrogens is 412 g/mol. The lowest BCUT2D eigenvalue weighted by Gasteiger charge is -2.22. The third-order valence-electron chi connectivity index (χ3n) is 5.20. The first-order chi connectivity index (χ1) is 14.9. The van der Waals surface area contributed by atoms with Crippen molar-refractivity contribution in [2.24, 2.45) is 0 Å². The van der Waals surface area contributed by atoms with Crippen molar-refractivity contribution < 1.29 is 18.0 Å². The monoisotopic (exact) mass is 434 g/mol. The molecule has 0 N–H and O–H groups in total. The van der Waals surface area contributed by atoms with Crippen molar-refractivity contribution in [3.8, 4) is 0 Å². The zero-order chi connectivity index (χ0) is 22.0. The van der Waals surface area contributed by atoms with Gasteiger partial charge in [-0.3, -0.25) is 9.59 Å². The quantitative estimate of drug-likeness (QED) is 0.525. The van der Waals surface area contributed by atoms with E-state index in [2.05, 4.69) is 0 Å². The highest BCUT2D eigenvalue weighted by Gasteiger charge is 2.36. The van der Waals surface area contributed by atoms with Gasteiger partial charge in [0.2, 0.25) is 10.0 Å². The van der Waals surface area contributed by atoms with E-state index in [0.717, 1.165) is 10.5 Å². The minimum absolute atomic E-state index is 0.122. The molecular formula is C24H22N2O4S. The highest BCUT2D eigenvalue weighted by molar-refractivity contribution is 7.89. The number of anilines is 1. The standard InChI is InChI=1S/C24H22N2O4S/c1-2-16-25(17-18-8-4-3-5-9-18)31(29,30)20-14-12-19(13-15-20)26-23(27)21-10-6-7-11-22(21)24(26)28/h3-15H,2,16-17H2,1H3. The van der Waals surface area contributed by atoms with Crippen LogP contribution in [0.25, 0.3) is 0 Å². The first-order valence-electron chi connectivity index (χ1n) is 10.1. The van der Waals surface area contributed by atoms with E-state index in [1.54, 1.807) is 24.3 Å². The predicted octanol–water partition coefficient (Wildman–Crippen LogP) is 4.09. The Morgan fingerprint density at radius 2 is 1.32 bits per heavy atom. The maximum atomic E-state index is 13.2. The highest BCUT2D eigenvalue weighted by Crippen LogP contribution is 2.29. The van der Waals surface area contributed by atoms with Crippen LogP contribution in [0.2, 0.25) is 0 Å². The highest BCUT2D eigenvalue weighted by atomic mass is 32.2. The largest absolute Gasteiger partial charge is 0.268 e. The van der Waals surface area contributed by atoms with Gasteiger partial charge in [-0.1, -0.05) is 49.4 Å². The molecule has 0 radical (unpaired) electrons. The summed E-state index contributed by atoms with van der Waals surface area (Å²) in [5, 5.41) is 0. The summed E-state index contributed by atoms with van der Waals surface area (Å²) in [7, 11) is -3.74. The summed E-state index contributed by atoms with van der Waals surface area (Å²) in [5.74, 6) is -0.819. The van der Waals surface area contributed by atoms with E-state index in [0.29, 0.717) is 29.8 Å². The van der Waals surface area contributed by atoms with Crippen LogP contribution in [0.5, 0.6) is 0 Å². The number of benzene rings is 3. The molecule has 0 spiro atoms. The van der Waals surface area contributed by atoms with Crippen LogP contribution in [0.1, 0.15) is 39.6 Å². The molecule has 0 saturated heterocycles. The Labute approximate surface area is 181 Å². The third kappa shape index (κ3) is 3.89. The molecule has 6 nitrogen and oxygen atoms in total. The fourth-order valence-electron chi connectivity index (χ4n) is 3.66. The molecule has 4 rings (SSSR count). The Morgan fingerprint density at radius 3 is 1.87 bits per heavy atom. The zero-order valence-electron chi connectivity index (χ0n) is 17.1. The first-order valence-corrected chi connectivity index (χ1v) is 11.5. The molecule has 0 saturated carbocycles. The minimum Gasteiger partial charge on any atom is -0.268 e. The number of imide groups is 1. The molecule has 1 heterocycles. The van der Waals surface area contributed by atoms with Gasteiger partial charge in [-0.2, -0.15) is 4.31 Å². The summed E-state index contributed by atoms with van der Waals surface area (Å²) in [6.45, 7) is 2.59. The fraction of sp³-hybridized carbons (Fsp3) is 0.167. The fourth-order valence-corrected chi connectivity index (χ4v) is 5.18. The Balaban J connectivity index is 1.61. The third-order valence-corrected chi connectivity index (χ3v) is 7.06. The molecule has 158 valence electrons. The number of carbonyl (C=O) groups excluding carboxylic acids is 2. The summed E-state index contributed by atoms with van der Waals surface area (Å²) >= 11 is 0. The Morgan fingerprint density at radius 1 is 0.774 bits per heavy atom. The molecule has 3 aromatic rings. The lowest BCUT2D eigenvalue weighted by atomic mass is 10.1. The number of sulfonamides is 1. The number of carbonyl (C=O) groups is 2. The van der Waals surface area contributed by atoms with Gasteiger partial charge in [-0.25, -0.2) is 13.3 Å². The second-order valence-electron chi connectivity index (χ2n) is 7.31. The van der Waals surface area contributed by atoms with Crippen LogP contribution in [0.3, 0.4) is 0 Å². The predicted molar refractivity (Wildman–Crippen MR) is 118 cm³/mol. The van der Waals surface area contributed by atoms with Crippen LogP contribution in [0, 0.1) is 0 Å². The van der Waals surface area contributed by atoms with Gasteiger partial charge in [0.1, 0.15) is 0 Å². The Bertz CT molecular complexity index is 1190. The number of hydrogen-bond donors (Lipinski definition) is 0. The summed E-state index contributed by atoms with van der Waals surface area (Å²) < 4.78 is 27.9. The lowest BCUT2D eigenvalue weighted by Crippen LogP contribution is -2.32. The van der Waals surface area contributed by atoms with Gasteiger partial charge in [0.15, 0.2) is 0 Å².